The van der Waals surface area contributed by atoms with Crippen LogP contribution >= 0.6 is 0 Å². The fraction of sp³-hybridized carbons (Fsp3) is 0.625. The Labute approximate surface area is 224 Å². The average molecular weight is 512 g/mol. The van der Waals surface area contributed by atoms with E-state index in [4.69, 9.17) is 5.11 Å². The summed E-state index contributed by atoms with van der Waals surface area (Å²) in [7, 11) is 1.55. The first-order valence-corrected chi connectivity index (χ1v) is 13.8. The molecule has 2 aliphatic rings. The summed E-state index contributed by atoms with van der Waals surface area (Å²) in [4.78, 5) is 25.2. The van der Waals surface area contributed by atoms with E-state index in [1.807, 2.05) is 26.0 Å². The van der Waals surface area contributed by atoms with Crippen LogP contribution in [0.15, 0.2) is 59.3 Å². The van der Waals surface area contributed by atoms with Gasteiger partial charge in [0.1, 0.15) is 6.54 Å². The molecule has 2 rings (SSSR count). The fourth-order valence-corrected chi connectivity index (χ4v) is 5.98. The Kier molecular flexibility index (Phi) is 9.98. The Hall–Kier alpha value is -2.40. The monoisotopic (exact) mass is 511 g/mol. The molecule has 0 aromatic carbocycles. The Morgan fingerprint density at radius 1 is 1.08 bits per heavy atom. The molecule has 0 bridgehead atoms. The first-order chi connectivity index (χ1) is 17.2. The van der Waals surface area contributed by atoms with Crippen molar-refractivity contribution in [2.24, 2.45) is 28.6 Å². The van der Waals surface area contributed by atoms with Gasteiger partial charge in [0.25, 0.3) is 0 Å². The van der Waals surface area contributed by atoms with Gasteiger partial charge in [-0.2, -0.15) is 0 Å². The Bertz CT molecular complexity index is 1000. The number of carbonyl (C=O) groups is 2. The predicted molar refractivity (Wildman–Crippen MR) is 152 cm³/mol. The van der Waals surface area contributed by atoms with E-state index in [-0.39, 0.29) is 35.1 Å². The van der Waals surface area contributed by atoms with Crippen molar-refractivity contribution in [1.82, 2.24) is 4.90 Å². The van der Waals surface area contributed by atoms with Crippen molar-refractivity contribution in [2.75, 3.05) is 13.6 Å². The Morgan fingerprint density at radius 3 is 2.16 bits per heavy atom. The number of likely N-dealkylation sites (N-methyl/N-ethyl adjacent to an activating group) is 1. The number of amides is 1. The summed E-state index contributed by atoms with van der Waals surface area (Å²) in [5.41, 5.74) is 2.60. The van der Waals surface area contributed by atoms with Crippen LogP contribution in [0.4, 0.5) is 0 Å². The zero-order chi connectivity index (χ0) is 28.2. The topological polar surface area (TPSA) is 77.8 Å². The maximum atomic E-state index is 12.9. The van der Waals surface area contributed by atoms with Crippen LogP contribution in [0.1, 0.15) is 81.1 Å². The van der Waals surface area contributed by atoms with E-state index in [0.717, 1.165) is 19.3 Å². The number of nitrogens with zero attached hydrogens (tertiary/aromatic N) is 1. The van der Waals surface area contributed by atoms with E-state index in [9.17, 15) is 14.7 Å². The number of hydrogen-bond acceptors (Lipinski definition) is 3. The number of allylic oxidation sites excluding steroid dienone is 8. The molecular formula is C32H49NO4. The molecule has 1 amide bonds. The lowest BCUT2D eigenvalue weighted by Gasteiger charge is -2.43. The van der Waals surface area contributed by atoms with Gasteiger partial charge in [0.15, 0.2) is 0 Å². The van der Waals surface area contributed by atoms with Gasteiger partial charge in [0, 0.05) is 12.5 Å². The molecule has 0 spiro atoms. The second kappa shape index (κ2) is 12.0. The molecule has 2 N–H and O–H groups in total. The highest BCUT2D eigenvalue weighted by molar-refractivity contribution is 5.84. The quantitative estimate of drug-likeness (QED) is 0.341. The molecule has 0 aromatic rings. The highest BCUT2D eigenvalue weighted by atomic mass is 16.4. The summed E-state index contributed by atoms with van der Waals surface area (Å²) < 4.78 is 0. The Balaban J connectivity index is 2.29. The molecule has 2 aliphatic carbocycles. The minimum absolute atomic E-state index is 0.00644. The SMILES string of the molecule is CCC(CC)(C1=CC(C)C(C(=O)N(C)CC(=O)O)C=C1)C1C=CC(/C=C/C(O)(CC)C(C)(C)C)=C(C)C1. The molecule has 0 saturated carbocycles. The number of aliphatic hydroxyl groups is 1. The standard InChI is InChI=1S/C32H49NO4/c1-10-31(11-2,26-15-16-27(23(5)20-26)29(36)33(9)21-28(34)35)25-14-13-24(22(4)19-25)17-18-32(37,12-3)30(6,7)8/h13-18,20,23,25,27,37H,10-12,19,21H2,1-9H3,(H,34,35)/b18-17+. The molecule has 4 atom stereocenters. The zero-order valence-electron chi connectivity index (χ0n) is 24.5. The number of rotatable bonds is 10. The van der Waals surface area contributed by atoms with Crippen LogP contribution in [0.2, 0.25) is 0 Å². The van der Waals surface area contributed by atoms with Crippen molar-refractivity contribution in [1.29, 1.82) is 0 Å². The molecule has 4 unspecified atom stereocenters. The molecule has 0 fully saturated rings. The molecular weight excluding hydrogens is 462 g/mol. The van der Waals surface area contributed by atoms with Crippen LogP contribution in [0.25, 0.3) is 0 Å². The van der Waals surface area contributed by atoms with E-state index in [1.165, 1.54) is 21.6 Å². The number of carboxylic acid groups (broad SMARTS) is 1. The molecule has 5 heteroatoms. The van der Waals surface area contributed by atoms with E-state index >= 15 is 0 Å². The van der Waals surface area contributed by atoms with E-state index < -0.39 is 11.6 Å². The summed E-state index contributed by atoms with van der Waals surface area (Å²) in [6.45, 7) is 16.7. The molecule has 206 valence electrons. The number of hydrogen-bond donors (Lipinski definition) is 2. The molecule has 37 heavy (non-hydrogen) atoms. The third kappa shape index (κ3) is 6.54. The van der Waals surface area contributed by atoms with Gasteiger partial charge in [-0.25, -0.2) is 0 Å². The van der Waals surface area contributed by atoms with Crippen molar-refractivity contribution in [2.45, 2.75) is 86.7 Å². The van der Waals surface area contributed by atoms with Gasteiger partial charge < -0.3 is 15.1 Å². The highest BCUT2D eigenvalue weighted by Crippen LogP contribution is 2.50. The smallest absolute Gasteiger partial charge is 0.323 e. The summed E-state index contributed by atoms with van der Waals surface area (Å²) >= 11 is 0. The van der Waals surface area contributed by atoms with Gasteiger partial charge in [0.05, 0.1) is 11.5 Å². The summed E-state index contributed by atoms with van der Waals surface area (Å²) in [6, 6.07) is 0. The molecule has 0 aliphatic heterocycles. The van der Waals surface area contributed by atoms with Gasteiger partial charge in [-0.1, -0.05) is 96.6 Å². The van der Waals surface area contributed by atoms with E-state index in [0.29, 0.717) is 12.3 Å². The largest absolute Gasteiger partial charge is 0.480 e. The molecule has 0 heterocycles. The van der Waals surface area contributed by atoms with Crippen LogP contribution in [0, 0.1) is 28.6 Å². The van der Waals surface area contributed by atoms with Gasteiger partial charge in [-0.05, 0) is 61.0 Å². The lowest BCUT2D eigenvalue weighted by Crippen LogP contribution is -2.40. The van der Waals surface area contributed by atoms with E-state index in [1.54, 1.807) is 7.05 Å². The maximum absolute atomic E-state index is 12.9. The molecule has 0 radical (unpaired) electrons. The van der Waals surface area contributed by atoms with Crippen LogP contribution in [0.3, 0.4) is 0 Å². The van der Waals surface area contributed by atoms with Gasteiger partial charge >= 0.3 is 5.97 Å². The summed E-state index contributed by atoms with van der Waals surface area (Å²) in [6.07, 6.45) is 18.5. The normalized spacial score (nSPS) is 24.3. The maximum Gasteiger partial charge on any atom is 0.323 e. The minimum atomic E-state index is -1.00. The fourth-order valence-electron chi connectivity index (χ4n) is 5.98. The van der Waals surface area contributed by atoms with Crippen molar-refractivity contribution >= 4 is 11.9 Å². The first kappa shape index (κ1) is 30.8. The van der Waals surface area contributed by atoms with Gasteiger partial charge in [-0.3, -0.25) is 9.59 Å². The highest BCUT2D eigenvalue weighted by Gasteiger charge is 2.40. The zero-order valence-corrected chi connectivity index (χ0v) is 24.5. The van der Waals surface area contributed by atoms with E-state index in [2.05, 4.69) is 71.9 Å². The predicted octanol–water partition coefficient (Wildman–Crippen LogP) is 6.72. The average Bonchev–Trinajstić information content (AvgIpc) is 2.83. The van der Waals surface area contributed by atoms with Crippen LogP contribution in [-0.4, -0.2) is 46.2 Å². The second-order valence-corrected chi connectivity index (χ2v) is 12.1. The van der Waals surface area contributed by atoms with Crippen molar-refractivity contribution < 1.29 is 19.8 Å². The second-order valence-electron chi connectivity index (χ2n) is 12.1. The van der Waals surface area contributed by atoms with Crippen LogP contribution < -0.4 is 0 Å². The van der Waals surface area contributed by atoms with Crippen LogP contribution in [0.5, 0.6) is 0 Å². The molecule has 0 aromatic heterocycles. The van der Waals surface area contributed by atoms with Crippen molar-refractivity contribution in [3.05, 3.63) is 59.3 Å². The summed E-state index contributed by atoms with van der Waals surface area (Å²) in [5.74, 6) is -1.18. The number of carbonyl (C=O) groups excluding carboxylic acids is 1. The number of aliphatic carboxylic acids is 1. The Morgan fingerprint density at radius 2 is 1.70 bits per heavy atom. The third-order valence-electron chi connectivity index (χ3n) is 8.98. The first-order valence-electron chi connectivity index (χ1n) is 13.8. The van der Waals surface area contributed by atoms with Crippen molar-refractivity contribution in [3.63, 3.8) is 0 Å². The summed E-state index contributed by atoms with van der Waals surface area (Å²) in [5, 5.41) is 20.2. The van der Waals surface area contributed by atoms with Crippen LogP contribution in [-0.2, 0) is 9.59 Å². The van der Waals surface area contributed by atoms with Crippen molar-refractivity contribution in [3.8, 4) is 0 Å². The molecule has 5 nitrogen and oxygen atoms in total. The van der Waals surface area contributed by atoms with Gasteiger partial charge in [-0.15, -0.1) is 0 Å². The molecule has 0 saturated heterocycles. The lowest BCUT2D eigenvalue weighted by molar-refractivity contribution is -0.144. The minimum Gasteiger partial charge on any atom is -0.480 e. The van der Waals surface area contributed by atoms with Gasteiger partial charge in [0.2, 0.25) is 5.91 Å². The lowest BCUT2D eigenvalue weighted by atomic mass is 9.61. The number of carboxylic acids is 1. The third-order valence-corrected chi connectivity index (χ3v) is 8.98.